The summed E-state index contributed by atoms with van der Waals surface area (Å²) in [6, 6.07) is 11.6. The maximum absolute atomic E-state index is 13.1. The lowest BCUT2D eigenvalue weighted by molar-refractivity contribution is 0.404. The SMILES string of the molecule is COc1ccc(C(C)NCc2cccc(F)c2)c(O)c1. The van der Waals surface area contributed by atoms with Crippen molar-refractivity contribution in [3.05, 3.63) is 59.4 Å². The number of benzene rings is 2. The first-order valence-electron chi connectivity index (χ1n) is 6.45. The van der Waals surface area contributed by atoms with Gasteiger partial charge in [-0.3, -0.25) is 0 Å². The van der Waals surface area contributed by atoms with Crippen LogP contribution in [0.25, 0.3) is 0 Å². The van der Waals surface area contributed by atoms with E-state index in [9.17, 15) is 9.50 Å². The molecular formula is C16H18FNO2. The first kappa shape index (κ1) is 14.3. The van der Waals surface area contributed by atoms with Crippen molar-refractivity contribution in [2.75, 3.05) is 7.11 Å². The lowest BCUT2D eigenvalue weighted by Crippen LogP contribution is -2.18. The summed E-state index contributed by atoms with van der Waals surface area (Å²) in [5.41, 5.74) is 1.65. The van der Waals surface area contributed by atoms with Crippen LogP contribution >= 0.6 is 0 Å². The van der Waals surface area contributed by atoms with Crippen molar-refractivity contribution in [2.24, 2.45) is 0 Å². The monoisotopic (exact) mass is 275 g/mol. The number of methoxy groups -OCH3 is 1. The highest BCUT2D eigenvalue weighted by Gasteiger charge is 2.10. The van der Waals surface area contributed by atoms with Gasteiger partial charge in [0, 0.05) is 24.2 Å². The van der Waals surface area contributed by atoms with E-state index in [2.05, 4.69) is 5.32 Å². The Balaban J connectivity index is 2.03. The van der Waals surface area contributed by atoms with E-state index in [0.29, 0.717) is 12.3 Å². The van der Waals surface area contributed by atoms with Gasteiger partial charge in [-0.25, -0.2) is 4.39 Å². The van der Waals surface area contributed by atoms with E-state index in [1.807, 2.05) is 19.1 Å². The van der Waals surface area contributed by atoms with E-state index in [4.69, 9.17) is 4.74 Å². The molecule has 2 N–H and O–H groups in total. The van der Waals surface area contributed by atoms with Crippen molar-refractivity contribution in [2.45, 2.75) is 19.5 Å². The van der Waals surface area contributed by atoms with E-state index >= 15 is 0 Å². The van der Waals surface area contributed by atoms with Crippen molar-refractivity contribution in [3.8, 4) is 11.5 Å². The molecule has 0 aromatic heterocycles. The van der Waals surface area contributed by atoms with Crippen LogP contribution in [0.4, 0.5) is 4.39 Å². The molecule has 0 bridgehead atoms. The van der Waals surface area contributed by atoms with Gasteiger partial charge in [-0.05, 0) is 30.7 Å². The van der Waals surface area contributed by atoms with Gasteiger partial charge in [-0.1, -0.05) is 18.2 Å². The van der Waals surface area contributed by atoms with Crippen LogP contribution in [-0.2, 0) is 6.54 Å². The van der Waals surface area contributed by atoms with Gasteiger partial charge in [0.05, 0.1) is 7.11 Å². The van der Waals surface area contributed by atoms with Crippen LogP contribution in [0, 0.1) is 5.82 Å². The summed E-state index contributed by atoms with van der Waals surface area (Å²) in [6.07, 6.45) is 0. The molecule has 0 spiro atoms. The second kappa shape index (κ2) is 6.39. The first-order valence-corrected chi connectivity index (χ1v) is 6.45. The number of hydrogen-bond donors (Lipinski definition) is 2. The van der Waals surface area contributed by atoms with Crippen molar-refractivity contribution in [3.63, 3.8) is 0 Å². The minimum Gasteiger partial charge on any atom is -0.507 e. The molecule has 1 unspecified atom stereocenters. The number of rotatable bonds is 5. The molecule has 0 radical (unpaired) electrons. The van der Waals surface area contributed by atoms with Crippen LogP contribution < -0.4 is 10.1 Å². The number of phenolic OH excluding ortho intramolecular Hbond substituents is 1. The molecule has 1 atom stereocenters. The second-order valence-electron chi connectivity index (χ2n) is 4.66. The van der Waals surface area contributed by atoms with Gasteiger partial charge in [0.25, 0.3) is 0 Å². The third-order valence-electron chi connectivity index (χ3n) is 3.21. The molecule has 2 aromatic carbocycles. The smallest absolute Gasteiger partial charge is 0.124 e. The van der Waals surface area contributed by atoms with E-state index < -0.39 is 0 Å². The predicted molar refractivity (Wildman–Crippen MR) is 76.3 cm³/mol. The Labute approximate surface area is 118 Å². The normalized spacial score (nSPS) is 12.2. The molecule has 0 aliphatic rings. The van der Waals surface area contributed by atoms with Gasteiger partial charge in [-0.2, -0.15) is 0 Å². The van der Waals surface area contributed by atoms with Crippen LogP contribution in [0.2, 0.25) is 0 Å². The van der Waals surface area contributed by atoms with Crippen molar-refractivity contribution >= 4 is 0 Å². The molecule has 0 aliphatic carbocycles. The van der Waals surface area contributed by atoms with Gasteiger partial charge < -0.3 is 15.2 Å². The largest absolute Gasteiger partial charge is 0.507 e. The van der Waals surface area contributed by atoms with Crippen molar-refractivity contribution in [1.29, 1.82) is 0 Å². The molecule has 0 heterocycles. The molecule has 0 aliphatic heterocycles. The Morgan fingerprint density at radius 3 is 2.70 bits per heavy atom. The third kappa shape index (κ3) is 3.48. The zero-order valence-corrected chi connectivity index (χ0v) is 11.6. The summed E-state index contributed by atoms with van der Waals surface area (Å²) in [6.45, 7) is 2.48. The molecule has 0 saturated heterocycles. The van der Waals surface area contributed by atoms with Gasteiger partial charge in [0.1, 0.15) is 17.3 Å². The van der Waals surface area contributed by atoms with Crippen molar-refractivity contribution < 1.29 is 14.2 Å². The zero-order chi connectivity index (χ0) is 14.5. The molecule has 3 nitrogen and oxygen atoms in total. The fourth-order valence-corrected chi connectivity index (χ4v) is 2.04. The minimum atomic E-state index is -0.246. The standard InChI is InChI=1S/C16H18FNO2/c1-11(15-7-6-14(20-2)9-16(15)19)18-10-12-4-3-5-13(17)8-12/h3-9,11,18-19H,10H2,1-2H3. The van der Waals surface area contributed by atoms with Crippen LogP contribution in [0.1, 0.15) is 24.1 Å². The molecule has 2 aromatic rings. The number of hydrogen-bond acceptors (Lipinski definition) is 3. The molecular weight excluding hydrogens is 257 g/mol. The molecule has 20 heavy (non-hydrogen) atoms. The molecule has 106 valence electrons. The highest BCUT2D eigenvalue weighted by atomic mass is 19.1. The van der Waals surface area contributed by atoms with Crippen molar-refractivity contribution in [1.82, 2.24) is 5.32 Å². The van der Waals surface area contributed by atoms with E-state index in [1.165, 1.54) is 12.1 Å². The zero-order valence-electron chi connectivity index (χ0n) is 11.6. The Kier molecular flexibility index (Phi) is 4.58. The number of phenols is 1. The molecule has 0 amide bonds. The fraction of sp³-hybridized carbons (Fsp3) is 0.250. The van der Waals surface area contributed by atoms with Gasteiger partial charge in [0.15, 0.2) is 0 Å². The van der Waals surface area contributed by atoms with Gasteiger partial charge in [0.2, 0.25) is 0 Å². The number of nitrogens with one attached hydrogen (secondary N) is 1. The average molecular weight is 275 g/mol. The Hall–Kier alpha value is -2.07. The summed E-state index contributed by atoms with van der Waals surface area (Å²) >= 11 is 0. The Bertz CT molecular complexity index is 586. The summed E-state index contributed by atoms with van der Waals surface area (Å²) < 4.78 is 18.1. The van der Waals surface area contributed by atoms with Crippen LogP contribution in [0.5, 0.6) is 11.5 Å². The molecule has 2 rings (SSSR count). The van der Waals surface area contributed by atoms with Crippen LogP contribution in [-0.4, -0.2) is 12.2 Å². The van der Waals surface area contributed by atoms with E-state index in [0.717, 1.165) is 11.1 Å². The predicted octanol–water partition coefficient (Wildman–Crippen LogP) is 3.39. The summed E-state index contributed by atoms with van der Waals surface area (Å²) in [5.74, 6) is 0.552. The first-order chi connectivity index (χ1) is 9.60. The third-order valence-corrected chi connectivity index (χ3v) is 3.21. The van der Waals surface area contributed by atoms with Gasteiger partial charge >= 0.3 is 0 Å². The minimum absolute atomic E-state index is 0.0517. The molecule has 0 saturated carbocycles. The maximum atomic E-state index is 13.1. The Morgan fingerprint density at radius 1 is 1.25 bits per heavy atom. The molecule has 4 heteroatoms. The number of aromatic hydroxyl groups is 1. The summed E-state index contributed by atoms with van der Waals surface area (Å²) in [4.78, 5) is 0. The Morgan fingerprint density at radius 2 is 2.05 bits per heavy atom. The fourth-order valence-electron chi connectivity index (χ4n) is 2.04. The average Bonchev–Trinajstić information content (AvgIpc) is 2.44. The summed E-state index contributed by atoms with van der Waals surface area (Å²) in [5, 5.41) is 13.2. The topological polar surface area (TPSA) is 41.5 Å². The highest BCUT2D eigenvalue weighted by Crippen LogP contribution is 2.28. The van der Waals surface area contributed by atoms with E-state index in [-0.39, 0.29) is 17.6 Å². The maximum Gasteiger partial charge on any atom is 0.124 e. The van der Waals surface area contributed by atoms with E-state index in [1.54, 1.807) is 25.3 Å². The lowest BCUT2D eigenvalue weighted by atomic mass is 10.1. The van der Waals surface area contributed by atoms with Gasteiger partial charge in [-0.15, -0.1) is 0 Å². The number of ether oxygens (including phenoxy) is 1. The molecule has 0 fully saturated rings. The lowest BCUT2D eigenvalue weighted by Gasteiger charge is -2.16. The summed E-state index contributed by atoms with van der Waals surface area (Å²) in [7, 11) is 1.56. The van der Waals surface area contributed by atoms with Crippen LogP contribution in [0.15, 0.2) is 42.5 Å². The second-order valence-corrected chi connectivity index (χ2v) is 4.66. The highest BCUT2D eigenvalue weighted by molar-refractivity contribution is 5.41. The quantitative estimate of drug-likeness (QED) is 0.879. The van der Waals surface area contributed by atoms with Crippen LogP contribution in [0.3, 0.4) is 0 Å². The number of halogens is 1.